The number of nitrogens with one attached hydrogen (secondary N) is 4. The highest BCUT2D eigenvalue weighted by Crippen LogP contribution is 2.31. The predicted octanol–water partition coefficient (Wildman–Crippen LogP) is 6.17. The number of carbonyl (C=O) groups excluding carboxylic acids is 3. The van der Waals surface area contributed by atoms with E-state index in [4.69, 9.17) is 4.74 Å². The number of para-hydroxylation sites is 1. The highest BCUT2D eigenvalue weighted by molar-refractivity contribution is 5.94. The van der Waals surface area contributed by atoms with Gasteiger partial charge < -0.3 is 30.1 Å². The van der Waals surface area contributed by atoms with Gasteiger partial charge in [-0.25, -0.2) is 0 Å². The third-order valence-electron chi connectivity index (χ3n) is 8.18. The summed E-state index contributed by atoms with van der Waals surface area (Å²) in [7, 11) is 1.62. The maximum absolute atomic E-state index is 13.5. The summed E-state index contributed by atoms with van der Waals surface area (Å²) < 4.78 is 5.39. The number of carbonyl (C=O) groups is 3. The fraction of sp³-hybridized carbons (Fsp3) is 0.306. The summed E-state index contributed by atoms with van der Waals surface area (Å²) in [6, 6.07) is 23.4. The van der Waals surface area contributed by atoms with E-state index in [0.717, 1.165) is 81.2 Å². The molecule has 2 aromatic heterocycles. The minimum Gasteiger partial charge on any atom is -0.497 e. The lowest BCUT2D eigenvalue weighted by Gasteiger charge is -2.19. The Bertz CT molecular complexity index is 1740. The van der Waals surface area contributed by atoms with Crippen molar-refractivity contribution in [1.29, 1.82) is 0 Å². The maximum atomic E-state index is 13.5. The van der Waals surface area contributed by atoms with Crippen molar-refractivity contribution in [3.63, 3.8) is 0 Å². The van der Waals surface area contributed by atoms with Gasteiger partial charge >= 0.3 is 0 Å². The SMILES string of the molecule is COc1ccc2[nH]c(C)c(CC(=O)N[C@@H](CCCCCC=O)C(=O)NCCc3c(-c4ccccc4)[nH]c4ccccc34)c2c1. The van der Waals surface area contributed by atoms with Gasteiger partial charge in [0.05, 0.1) is 13.5 Å². The second-order valence-electron chi connectivity index (χ2n) is 11.2. The molecular weight excluding hydrogens is 552 g/mol. The number of benzene rings is 3. The molecule has 2 heterocycles. The van der Waals surface area contributed by atoms with Crippen molar-refractivity contribution < 1.29 is 19.1 Å². The number of aryl methyl sites for hydroxylation is 1. The first kappa shape index (κ1) is 30.6. The van der Waals surface area contributed by atoms with E-state index in [-0.39, 0.29) is 18.2 Å². The molecule has 0 saturated carbocycles. The topological polar surface area (TPSA) is 116 Å². The largest absolute Gasteiger partial charge is 0.497 e. The van der Waals surface area contributed by atoms with Crippen LogP contribution in [0.25, 0.3) is 33.1 Å². The van der Waals surface area contributed by atoms with Gasteiger partial charge in [0.15, 0.2) is 0 Å². The van der Waals surface area contributed by atoms with Crippen LogP contribution in [-0.4, -0.2) is 47.8 Å². The minimum atomic E-state index is -0.671. The lowest BCUT2D eigenvalue weighted by Crippen LogP contribution is -2.47. The van der Waals surface area contributed by atoms with Gasteiger partial charge in [-0.2, -0.15) is 0 Å². The normalized spacial score (nSPS) is 11.9. The molecule has 2 amide bonds. The first-order chi connectivity index (χ1) is 21.5. The van der Waals surface area contributed by atoms with Crippen molar-refractivity contribution >= 4 is 39.9 Å². The van der Waals surface area contributed by atoms with E-state index in [2.05, 4.69) is 44.9 Å². The fourth-order valence-electron chi connectivity index (χ4n) is 5.89. The van der Waals surface area contributed by atoms with Crippen LogP contribution in [0, 0.1) is 6.92 Å². The van der Waals surface area contributed by atoms with E-state index in [1.807, 2.05) is 55.5 Å². The average molecular weight is 593 g/mol. The Balaban J connectivity index is 1.28. The number of aromatic amines is 2. The summed E-state index contributed by atoms with van der Waals surface area (Å²) in [4.78, 5) is 44.5. The highest BCUT2D eigenvalue weighted by atomic mass is 16.5. The first-order valence-corrected chi connectivity index (χ1v) is 15.3. The number of aromatic nitrogens is 2. The van der Waals surface area contributed by atoms with Gasteiger partial charge in [-0.3, -0.25) is 9.59 Å². The zero-order valence-corrected chi connectivity index (χ0v) is 25.4. The monoisotopic (exact) mass is 592 g/mol. The number of H-pyrrole nitrogens is 2. The van der Waals surface area contributed by atoms with Crippen molar-refractivity contribution in [3.8, 4) is 17.0 Å². The van der Waals surface area contributed by atoms with Crippen LogP contribution in [0.3, 0.4) is 0 Å². The summed E-state index contributed by atoms with van der Waals surface area (Å²) in [6.45, 7) is 2.38. The van der Waals surface area contributed by atoms with Gasteiger partial charge in [0, 0.05) is 46.2 Å². The number of ether oxygens (including phenoxy) is 1. The standard InChI is InChI=1S/C36H40N4O4/c1-24-29(30-22-26(44-2)17-18-32(30)38-24)23-34(42)39-33(16-8-3-4-11-21-41)36(43)37-20-19-28-27-14-9-10-15-31(27)40-35(28)25-12-6-5-7-13-25/h5-7,9-10,12-15,17-18,21-22,33,38,40H,3-4,8,11,16,19-20,23H2,1-2H3,(H,37,43)(H,39,42)/t33-/m0/s1. The Morgan fingerprint density at radius 3 is 2.45 bits per heavy atom. The second kappa shape index (κ2) is 14.6. The molecule has 8 heteroatoms. The smallest absolute Gasteiger partial charge is 0.242 e. The minimum absolute atomic E-state index is 0.143. The molecule has 0 aliphatic carbocycles. The maximum Gasteiger partial charge on any atom is 0.242 e. The Hall–Kier alpha value is -4.85. The van der Waals surface area contributed by atoms with E-state index in [1.54, 1.807) is 7.11 Å². The Labute approximate surface area is 257 Å². The van der Waals surface area contributed by atoms with Crippen LogP contribution in [0.1, 0.15) is 48.9 Å². The summed E-state index contributed by atoms with van der Waals surface area (Å²) >= 11 is 0. The molecular formula is C36H40N4O4. The Kier molecular flexibility index (Phi) is 10.1. The van der Waals surface area contributed by atoms with Crippen molar-refractivity contribution in [2.24, 2.45) is 0 Å². The van der Waals surface area contributed by atoms with Crippen molar-refractivity contribution in [2.75, 3.05) is 13.7 Å². The summed E-state index contributed by atoms with van der Waals surface area (Å²) in [5.74, 6) is 0.302. The second-order valence-corrected chi connectivity index (χ2v) is 11.2. The molecule has 228 valence electrons. The molecule has 5 aromatic rings. The Morgan fingerprint density at radius 2 is 1.66 bits per heavy atom. The van der Waals surface area contributed by atoms with Gasteiger partial charge in [-0.15, -0.1) is 0 Å². The van der Waals surface area contributed by atoms with Gasteiger partial charge in [0.1, 0.15) is 18.1 Å². The molecule has 1 atom stereocenters. The number of hydrogen-bond acceptors (Lipinski definition) is 4. The summed E-state index contributed by atoms with van der Waals surface area (Å²) in [6.07, 6.45) is 5.01. The quantitative estimate of drug-likeness (QED) is 0.0860. The number of aldehydes is 1. The van der Waals surface area contributed by atoms with Crippen LogP contribution >= 0.6 is 0 Å². The molecule has 0 unspecified atom stereocenters. The van der Waals surface area contributed by atoms with Crippen molar-refractivity contribution in [3.05, 3.63) is 89.6 Å². The zero-order valence-electron chi connectivity index (χ0n) is 25.4. The van der Waals surface area contributed by atoms with Gasteiger partial charge in [-0.05, 0) is 67.1 Å². The van der Waals surface area contributed by atoms with Crippen molar-refractivity contribution in [2.45, 2.75) is 57.9 Å². The van der Waals surface area contributed by atoms with Gasteiger partial charge in [-0.1, -0.05) is 61.4 Å². The molecule has 0 radical (unpaired) electrons. The van der Waals surface area contributed by atoms with Crippen molar-refractivity contribution in [1.82, 2.24) is 20.6 Å². The summed E-state index contributed by atoms with van der Waals surface area (Å²) in [5, 5.41) is 8.16. The number of fused-ring (bicyclic) bond motifs is 2. The number of unbranched alkanes of at least 4 members (excludes halogenated alkanes) is 3. The van der Waals surface area contributed by atoms with Crippen LogP contribution < -0.4 is 15.4 Å². The molecule has 0 fully saturated rings. The lowest BCUT2D eigenvalue weighted by atomic mass is 10.0. The fourth-order valence-corrected chi connectivity index (χ4v) is 5.89. The molecule has 0 bridgehead atoms. The average Bonchev–Trinajstić information content (AvgIpc) is 3.57. The van der Waals surface area contributed by atoms with E-state index >= 15 is 0 Å². The number of amides is 2. The molecule has 8 nitrogen and oxygen atoms in total. The molecule has 5 rings (SSSR count). The van der Waals surface area contributed by atoms with Crippen LogP contribution in [-0.2, 0) is 27.2 Å². The van der Waals surface area contributed by atoms with Crippen LogP contribution in [0.5, 0.6) is 5.75 Å². The Morgan fingerprint density at radius 1 is 0.886 bits per heavy atom. The lowest BCUT2D eigenvalue weighted by molar-refractivity contribution is -0.128. The molecule has 44 heavy (non-hydrogen) atoms. The van der Waals surface area contributed by atoms with Crippen LogP contribution in [0.2, 0.25) is 0 Å². The van der Waals surface area contributed by atoms with E-state index in [1.165, 1.54) is 0 Å². The number of hydrogen-bond donors (Lipinski definition) is 4. The molecule has 4 N–H and O–H groups in total. The molecule has 0 saturated heterocycles. The van der Waals surface area contributed by atoms with Gasteiger partial charge in [0.2, 0.25) is 11.8 Å². The van der Waals surface area contributed by atoms with E-state index in [0.29, 0.717) is 25.8 Å². The molecule has 3 aromatic carbocycles. The first-order valence-electron chi connectivity index (χ1n) is 15.3. The van der Waals surface area contributed by atoms with Gasteiger partial charge in [0.25, 0.3) is 0 Å². The number of rotatable bonds is 15. The molecule has 0 spiro atoms. The summed E-state index contributed by atoms with van der Waals surface area (Å²) in [5.41, 5.74) is 7.07. The third-order valence-corrected chi connectivity index (χ3v) is 8.18. The predicted molar refractivity (Wildman–Crippen MR) is 175 cm³/mol. The third kappa shape index (κ3) is 7.19. The van der Waals surface area contributed by atoms with Crippen LogP contribution in [0.15, 0.2) is 72.8 Å². The van der Waals surface area contributed by atoms with E-state index < -0.39 is 6.04 Å². The zero-order chi connectivity index (χ0) is 30.9. The van der Waals surface area contributed by atoms with Crippen LogP contribution in [0.4, 0.5) is 0 Å². The molecule has 0 aliphatic rings. The number of methoxy groups -OCH3 is 1. The van der Waals surface area contributed by atoms with E-state index in [9.17, 15) is 14.4 Å². The molecule has 0 aliphatic heterocycles. The highest BCUT2D eigenvalue weighted by Gasteiger charge is 2.22.